The van der Waals surface area contributed by atoms with E-state index < -0.39 is 4.92 Å². The van der Waals surface area contributed by atoms with Gasteiger partial charge in [0.15, 0.2) is 5.69 Å². The first-order valence-corrected chi connectivity index (χ1v) is 6.16. The molecule has 0 amide bonds. The Labute approximate surface area is 109 Å². The summed E-state index contributed by atoms with van der Waals surface area (Å²) in [5, 5.41) is 20.7. The van der Waals surface area contributed by atoms with Gasteiger partial charge >= 0.3 is 5.82 Å². The highest BCUT2D eigenvalue weighted by molar-refractivity contribution is 5.48. The normalized spacial score (nSPS) is 20.2. The van der Waals surface area contributed by atoms with E-state index in [4.69, 9.17) is 0 Å². The third-order valence-corrected chi connectivity index (χ3v) is 3.37. The zero-order valence-corrected chi connectivity index (χ0v) is 10.3. The summed E-state index contributed by atoms with van der Waals surface area (Å²) < 4.78 is 1.49. The first-order chi connectivity index (χ1) is 9.15. The van der Waals surface area contributed by atoms with E-state index in [1.165, 1.54) is 4.40 Å². The molecule has 1 saturated heterocycles. The second-order valence-corrected chi connectivity index (χ2v) is 4.75. The van der Waals surface area contributed by atoms with Crippen molar-refractivity contribution in [3.05, 3.63) is 40.2 Å². The van der Waals surface area contributed by atoms with Crippen LogP contribution >= 0.6 is 0 Å². The van der Waals surface area contributed by atoms with Gasteiger partial charge in [0.25, 0.3) is 0 Å². The summed E-state index contributed by atoms with van der Waals surface area (Å²) in [4.78, 5) is 17.1. The number of likely N-dealkylation sites (tertiary alicyclic amines) is 1. The predicted octanol–water partition coefficient (Wildman–Crippen LogP) is 0.809. The van der Waals surface area contributed by atoms with E-state index in [2.05, 4.69) is 4.98 Å². The molecule has 7 nitrogen and oxygen atoms in total. The van der Waals surface area contributed by atoms with Crippen LogP contribution in [0.1, 0.15) is 12.1 Å². The minimum atomic E-state index is -0.401. The van der Waals surface area contributed by atoms with Gasteiger partial charge < -0.3 is 15.2 Å². The van der Waals surface area contributed by atoms with E-state index in [1.807, 2.05) is 4.90 Å². The van der Waals surface area contributed by atoms with Crippen LogP contribution in [-0.4, -0.2) is 43.5 Å². The summed E-state index contributed by atoms with van der Waals surface area (Å²) >= 11 is 0. The third kappa shape index (κ3) is 2.18. The topological polar surface area (TPSA) is 83.9 Å². The lowest BCUT2D eigenvalue weighted by molar-refractivity contribution is -0.391. The van der Waals surface area contributed by atoms with Gasteiger partial charge in [-0.2, -0.15) is 4.40 Å². The number of hydrogen-bond acceptors (Lipinski definition) is 5. The lowest BCUT2D eigenvalue weighted by Crippen LogP contribution is -2.22. The minimum absolute atomic E-state index is 0.0111. The molecule has 1 N–H and O–H groups in total. The standard InChI is InChI=1S/C12H14N4O3/c17-9-4-6-14(7-9)8-10-12(16(18)19)15-5-2-1-3-11(15)13-10/h1-3,5,9,17H,4,6-8H2. The number of β-amino-alcohol motifs (C(OH)–C–C–N with tert-alkyl or cyclic N) is 1. The molecule has 2 aromatic heterocycles. The Morgan fingerprint density at radius 3 is 3.05 bits per heavy atom. The highest BCUT2D eigenvalue weighted by atomic mass is 16.6. The predicted molar refractivity (Wildman–Crippen MR) is 67.7 cm³/mol. The number of pyridine rings is 1. The molecular formula is C12H14N4O3. The summed E-state index contributed by atoms with van der Waals surface area (Å²) in [7, 11) is 0. The summed E-state index contributed by atoms with van der Waals surface area (Å²) in [5.41, 5.74) is 1.02. The molecule has 1 fully saturated rings. The maximum Gasteiger partial charge on any atom is 0.352 e. The van der Waals surface area contributed by atoms with Gasteiger partial charge in [-0.3, -0.25) is 4.90 Å². The Bertz CT molecular complexity index is 624. The average molecular weight is 262 g/mol. The fourth-order valence-corrected chi connectivity index (χ4v) is 2.50. The zero-order valence-electron chi connectivity index (χ0n) is 10.3. The highest BCUT2D eigenvalue weighted by Crippen LogP contribution is 2.23. The molecule has 3 heterocycles. The molecule has 1 unspecified atom stereocenters. The van der Waals surface area contributed by atoms with Crippen LogP contribution in [0.25, 0.3) is 5.65 Å². The van der Waals surface area contributed by atoms with Crippen molar-refractivity contribution in [1.82, 2.24) is 14.3 Å². The van der Waals surface area contributed by atoms with Gasteiger partial charge in [0.05, 0.1) is 12.3 Å². The van der Waals surface area contributed by atoms with Crippen LogP contribution < -0.4 is 0 Å². The van der Waals surface area contributed by atoms with Gasteiger partial charge in [-0.1, -0.05) is 6.07 Å². The lowest BCUT2D eigenvalue weighted by atomic mass is 10.3. The fourth-order valence-electron chi connectivity index (χ4n) is 2.50. The van der Waals surface area contributed by atoms with Gasteiger partial charge in [-0.05, 0) is 17.4 Å². The van der Waals surface area contributed by atoms with E-state index >= 15 is 0 Å². The van der Waals surface area contributed by atoms with Crippen LogP contribution in [0.3, 0.4) is 0 Å². The number of nitro groups is 1. The second kappa shape index (κ2) is 4.60. The van der Waals surface area contributed by atoms with Crippen LogP contribution in [0, 0.1) is 10.1 Å². The Kier molecular flexibility index (Phi) is 2.92. The molecule has 1 aliphatic heterocycles. The monoisotopic (exact) mass is 262 g/mol. The van der Waals surface area contributed by atoms with Gasteiger partial charge in [-0.15, -0.1) is 0 Å². The Hall–Kier alpha value is -1.99. The molecule has 0 spiro atoms. The van der Waals surface area contributed by atoms with Gasteiger partial charge in [0.1, 0.15) is 0 Å². The number of nitrogens with zero attached hydrogens (tertiary/aromatic N) is 4. The molecule has 1 aliphatic rings. The number of aliphatic hydroxyl groups is 1. The van der Waals surface area contributed by atoms with Crippen LogP contribution in [0.2, 0.25) is 0 Å². The zero-order chi connectivity index (χ0) is 13.4. The van der Waals surface area contributed by atoms with Crippen molar-refractivity contribution >= 4 is 11.5 Å². The molecule has 3 rings (SSSR count). The number of fused-ring (bicyclic) bond motifs is 1. The Balaban J connectivity index is 1.98. The minimum Gasteiger partial charge on any atom is -0.392 e. The summed E-state index contributed by atoms with van der Waals surface area (Å²) in [6.07, 6.45) is 2.01. The quantitative estimate of drug-likeness (QED) is 0.653. The molecule has 2 aromatic rings. The van der Waals surface area contributed by atoms with Crippen LogP contribution in [0.15, 0.2) is 24.4 Å². The Morgan fingerprint density at radius 2 is 2.37 bits per heavy atom. The number of aromatic nitrogens is 2. The molecule has 19 heavy (non-hydrogen) atoms. The average Bonchev–Trinajstić information content (AvgIpc) is 2.92. The van der Waals surface area contributed by atoms with Crippen molar-refractivity contribution in [3.8, 4) is 0 Å². The van der Waals surface area contributed by atoms with Crippen molar-refractivity contribution in [1.29, 1.82) is 0 Å². The maximum absolute atomic E-state index is 11.2. The SMILES string of the molecule is O=[N+]([O-])c1c(CN2CCC(O)C2)nc2ccccn12. The van der Waals surface area contributed by atoms with Crippen LogP contribution in [0.4, 0.5) is 5.82 Å². The largest absolute Gasteiger partial charge is 0.392 e. The number of rotatable bonds is 3. The van der Waals surface area contributed by atoms with E-state index in [-0.39, 0.29) is 11.9 Å². The lowest BCUT2D eigenvalue weighted by Gasteiger charge is -2.12. The summed E-state index contributed by atoms with van der Waals surface area (Å²) in [6.45, 7) is 1.69. The first-order valence-electron chi connectivity index (χ1n) is 6.16. The number of imidazole rings is 1. The van der Waals surface area contributed by atoms with E-state index in [9.17, 15) is 15.2 Å². The fraction of sp³-hybridized carbons (Fsp3) is 0.417. The van der Waals surface area contributed by atoms with E-state index in [0.717, 1.165) is 6.54 Å². The maximum atomic E-state index is 11.2. The van der Waals surface area contributed by atoms with Gasteiger partial charge in [0, 0.05) is 25.7 Å². The van der Waals surface area contributed by atoms with E-state index in [0.29, 0.717) is 30.9 Å². The summed E-state index contributed by atoms with van der Waals surface area (Å²) in [5.74, 6) is 0.0111. The number of aliphatic hydroxyl groups excluding tert-OH is 1. The number of hydrogen-bond donors (Lipinski definition) is 1. The highest BCUT2D eigenvalue weighted by Gasteiger charge is 2.27. The van der Waals surface area contributed by atoms with Crippen LogP contribution in [0.5, 0.6) is 0 Å². The molecule has 7 heteroatoms. The molecule has 0 bridgehead atoms. The molecule has 0 radical (unpaired) electrons. The molecule has 0 aromatic carbocycles. The smallest absolute Gasteiger partial charge is 0.352 e. The van der Waals surface area contributed by atoms with Crippen molar-refractivity contribution in [2.75, 3.05) is 13.1 Å². The molecule has 100 valence electrons. The van der Waals surface area contributed by atoms with Crippen molar-refractivity contribution in [2.24, 2.45) is 0 Å². The van der Waals surface area contributed by atoms with Crippen molar-refractivity contribution in [3.63, 3.8) is 0 Å². The van der Waals surface area contributed by atoms with Crippen LogP contribution in [-0.2, 0) is 6.54 Å². The van der Waals surface area contributed by atoms with Crippen molar-refractivity contribution in [2.45, 2.75) is 19.1 Å². The van der Waals surface area contributed by atoms with E-state index in [1.54, 1.807) is 24.4 Å². The van der Waals surface area contributed by atoms with Gasteiger partial charge in [-0.25, -0.2) is 4.98 Å². The molecule has 0 aliphatic carbocycles. The molecule has 0 saturated carbocycles. The molecular weight excluding hydrogens is 248 g/mol. The second-order valence-electron chi connectivity index (χ2n) is 4.75. The Morgan fingerprint density at radius 1 is 1.53 bits per heavy atom. The van der Waals surface area contributed by atoms with Gasteiger partial charge in [0.2, 0.25) is 5.65 Å². The first kappa shape index (κ1) is 12.1. The van der Waals surface area contributed by atoms with Crippen molar-refractivity contribution < 1.29 is 10.0 Å². The molecule has 1 atom stereocenters. The summed E-state index contributed by atoms with van der Waals surface area (Å²) in [6, 6.07) is 5.29. The third-order valence-electron chi connectivity index (χ3n) is 3.37.